The lowest BCUT2D eigenvalue weighted by Crippen LogP contribution is -1.99. The van der Waals surface area contributed by atoms with Gasteiger partial charge in [-0.25, -0.2) is 15.0 Å². The number of hydrogen-bond acceptors (Lipinski definition) is 4. The van der Waals surface area contributed by atoms with Gasteiger partial charge in [0.15, 0.2) is 0 Å². The van der Waals surface area contributed by atoms with Crippen LogP contribution in [-0.4, -0.2) is 15.0 Å². The molecule has 0 spiro atoms. The Hall–Kier alpha value is -3.79. The first kappa shape index (κ1) is 19.9. The molecule has 0 radical (unpaired) electrons. The van der Waals surface area contributed by atoms with Gasteiger partial charge in [-0.2, -0.15) is 0 Å². The van der Waals surface area contributed by atoms with Gasteiger partial charge in [-0.3, -0.25) is 0 Å². The second kappa shape index (κ2) is 7.38. The van der Waals surface area contributed by atoms with Crippen LogP contribution in [0.3, 0.4) is 0 Å². The third-order valence-electron chi connectivity index (χ3n) is 6.40. The summed E-state index contributed by atoms with van der Waals surface area (Å²) in [5.74, 6) is 1.32. The minimum atomic E-state index is 0.563. The van der Waals surface area contributed by atoms with E-state index in [0.29, 0.717) is 11.6 Å². The van der Waals surface area contributed by atoms with E-state index in [9.17, 15) is 0 Å². The summed E-state index contributed by atoms with van der Waals surface area (Å²) >= 11 is 0. The van der Waals surface area contributed by atoms with Crippen molar-refractivity contribution >= 4 is 43.7 Å². The van der Waals surface area contributed by atoms with Crippen LogP contribution in [-0.2, 0) is 6.42 Å². The van der Waals surface area contributed by atoms with Crippen LogP contribution in [0.15, 0.2) is 65.2 Å². The normalized spacial score (nSPS) is 12.0. The maximum absolute atomic E-state index is 6.30. The standard InChI is InChI=1S/C29H25N3O/c1-16(2)15-20-8-5-7-19-11-13-22-26(31-18(4)32-27(22)25(19)20)23-12-10-17(3)24-21-9-6-14-30-29(21)33-28(23)24/h5-14,16H,15H2,1-4H3. The van der Waals surface area contributed by atoms with E-state index in [2.05, 4.69) is 74.3 Å². The van der Waals surface area contributed by atoms with Crippen molar-refractivity contribution in [3.63, 3.8) is 0 Å². The molecule has 0 unspecified atom stereocenters. The van der Waals surface area contributed by atoms with Gasteiger partial charge in [0.1, 0.15) is 11.4 Å². The molecule has 0 aliphatic carbocycles. The van der Waals surface area contributed by atoms with Crippen molar-refractivity contribution in [1.29, 1.82) is 0 Å². The summed E-state index contributed by atoms with van der Waals surface area (Å²) in [6, 6.07) is 19.2. The molecule has 3 aromatic carbocycles. The van der Waals surface area contributed by atoms with Crippen molar-refractivity contribution in [3.8, 4) is 11.3 Å². The van der Waals surface area contributed by atoms with Crippen LogP contribution in [0.5, 0.6) is 0 Å². The molecule has 0 N–H and O–H groups in total. The highest BCUT2D eigenvalue weighted by molar-refractivity contribution is 6.15. The molecule has 4 nitrogen and oxygen atoms in total. The molecule has 0 saturated carbocycles. The molecule has 0 fully saturated rings. The van der Waals surface area contributed by atoms with Gasteiger partial charge < -0.3 is 4.42 Å². The summed E-state index contributed by atoms with van der Waals surface area (Å²) in [5.41, 5.74) is 6.88. The van der Waals surface area contributed by atoms with Crippen LogP contribution in [0.1, 0.15) is 30.8 Å². The second-order valence-electron chi connectivity index (χ2n) is 9.29. The quantitative estimate of drug-likeness (QED) is 0.271. The Morgan fingerprint density at radius 3 is 2.58 bits per heavy atom. The molecule has 0 saturated heterocycles. The maximum atomic E-state index is 6.30. The second-order valence-corrected chi connectivity index (χ2v) is 9.29. The molecular formula is C29H25N3O. The van der Waals surface area contributed by atoms with Crippen LogP contribution in [0.2, 0.25) is 0 Å². The summed E-state index contributed by atoms with van der Waals surface area (Å²) in [5, 5.41) is 5.62. The third-order valence-corrected chi connectivity index (χ3v) is 6.40. The zero-order valence-corrected chi connectivity index (χ0v) is 19.3. The highest BCUT2D eigenvalue weighted by Gasteiger charge is 2.19. The van der Waals surface area contributed by atoms with Crippen LogP contribution in [0, 0.1) is 19.8 Å². The first-order valence-electron chi connectivity index (χ1n) is 11.5. The van der Waals surface area contributed by atoms with Crippen LogP contribution in [0.4, 0.5) is 0 Å². The Kier molecular flexibility index (Phi) is 4.44. The lowest BCUT2D eigenvalue weighted by atomic mass is 9.93. The molecule has 3 heterocycles. The summed E-state index contributed by atoms with van der Waals surface area (Å²) in [7, 11) is 0. The number of aryl methyl sites for hydroxylation is 2. The molecule has 0 amide bonds. The number of pyridine rings is 1. The molecule has 6 aromatic rings. The van der Waals surface area contributed by atoms with E-state index in [-0.39, 0.29) is 0 Å². The molecule has 162 valence electrons. The average Bonchev–Trinajstić information content (AvgIpc) is 3.19. The van der Waals surface area contributed by atoms with E-state index in [1.54, 1.807) is 6.20 Å². The molecule has 0 aliphatic heterocycles. The molecule has 4 heteroatoms. The van der Waals surface area contributed by atoms with Gasteiger partial charge in [0.2, 0.25) is 5.71 Å². The first-order chi connectivity index (χ1) is 16.0. The lowest BCUT2D eigenvalue weighted by Gasteiger charge is -2.14. The molecule has 0 bridgehead atoms. The Bertz CT molecular complexity index is 1690. The average molecular weight is 432 g/mol. The fourth-order valence-corrected chi connectivity index (χ4v) is 5.03. The molecule has 0 aliphatic rings. The topological polar surface area (TPSA) is 51.8 Å². The summed E-state index contributed by atoms with van der Waals surface area (Å²) in [6.45, 7) is 8.60. The van der Waals surface area contributed by atoms with Crippen molar-refractivity contribution in [2.75, 3.05) is 0 Å². The number of furan rings is 1. The van der Waals surface area contributed by atoms with Crippen LogP contribution >= 0.6 is 0 Å². The Balaban J connectivity index is 1.73. The predicted octanol–water partition coefficient (Wildman–Crippen LogP) is 7.56. The van der Waals surface area contributed by atoms with Gasteiger partial charge in [0.25, 0.3) is 0 Å². The Labute approximate surface area is 192 Å². The highest BCUT2D eigenvalue weighted by Crippen LogP contribution is 2.40. The zero-order chi connectivity index (χ0) is 22.7. The Morgan fingerprint density at radius 1 is 0.848 bits per heavy atom. The zero-order valence-electron chi connectivity index (χ0n) is 19.3. The van der Waals surface area contributed by atoms with Crippen molar-refractivity contribution in [3.05, 3.63) is 77.7 Å². The van der Waals surface area contributed by atoms with Crippen LogP contribution in [0.25, 0.3) is 55.0 Å². The SMILES string of the molecule is Cc1nc(-c2ccc(C)c3c2oc2ncccc23)c2ccc3cccc(CC(C)C)c3c2n1. The number of fused-ring (bicyclic) bond motifs is 6. The minimum Gasteiger partial charge on any atom is -0.437 e. The summed E-state index contributed by atoms with van der Waals surface area (Å²) in [6.07, 6.45) is 2.78. The fraction of sp³-hybridized carbons (Fsp3) is 0.207. The third kappa shape index (κ3) is 3.09. The van der Waals surface area contributed by atoms with Gasteiger partial charge >= 0.3 is 0 Å². The van der Waals surface area contributed by atoms with Gasteiger partial charge in [-0.05, 0) is 67.0 Å². The van der Waals surface area contributed by atoms with Gasteiger partial charge in [-0.15, -0.1) is 0 Å². The molecule has 0 atom stereocenters. The van der Waals surface area contributed by atoms with Gasteiger partial charge in [0.05, 0.1) is 11.2 Å². The highest BCUT2D eigenvalue weighted by atomic mass is 16.3. The van der Waals surface area contributed by atoms with Gasteiger partial charge in [-0.1, -0.05) is 44.2 Å². The van der Waals surface area contributed by atoms with E-state index < -0.39 is 0 Å². The van der Waals surface area contributed by atoms with E-state index in [0.717, 1.165) is 50.8 Å². The number of benzene rings is 3. The van der Waals surface area contributed by atoms with E-state index in [1.807, 2.05) is 13.0 Å². The number of nitrogens with zero attached hydrogens (tertiary/aromatic N) is 3. The number of rotatable bonds is 3. The van der Waals surface area contributed by atoms with Crippen molar-refractivity contribution in [2.24, 2.45) is 5.92 Å². The minimum absolute atomic E-state index is 0.563. The maximum Gasteiger partial charge on any atom is 0.227 e. The van der Waals surface area contributed by atoms with Crippen molar-refractivity contribution in [1.82, 2.24) is 15.0 Å². The molecule has 6 rings (SSSR count). The number of aromatic nitrogens is 3. The number of hydrogen-bond donors (Lipinski definition) is 0. The van der Waals surface area contributed by atoms with Crippen LogP contribution < -0.4 is 0 Å². The molecular weight excluding hydrogens is 406 g/mol. The van der Waals surface area contributed by atoms with Crippen molar-refractivity contribution in [2.45, 2.75) is 34.1 Å². The lowest BCUT2D eigenvalue weighted by molar-refractivity contribution is 0.650. The molecule has 33 heavy (non-hydrogen) atoms. The Morgan fingerprint density at radius 2 is 1.73 bits per heavy atom. The summed E-state index contributed by atoms with van der Waals surface area (Å²) in [4.78, 5) is 14.3. The predicted molar refractivity (Wildman–Crippen MR) is 136 cm³/mol. The van der Waals surface area contributed by atoms with Gasteiger partial charge in [0, 0.05) is 33.3 Å². The van der Waals surface area contributed by atoms with E-state index in [4.69, 9.17) is 14.4 Å². The smallest absolute Gasteiger partial charge is 0.227 e. The van der Waals surface area contributed by atoms with Crippen molar-refractivity contribution < 1.29 is 4.42 Å². The summed E-state index contributed by atoms with van der Waals surface area (Å²) < 4.78 is 6.30. The largest absolute Gasteiger partial charge is 0.437 e. The molecule has 3 aromatic heterocycles. The van der Waals surface area contributed by atoms with E-state index >= 15 is 0 Å². The monoisotopic (exact) mass is 431 g/mol. The first-order valence-corrected chi connectivity index (χ1v) is 11.5. The van der Waals surface area contributed by atoms with E-state index in [1.165, 1.54) is 21.9 Å². The fourth-order valence-electron chi connectivity index (χ4n) is 5.03.